The summed E-state index contributed by atoms with van der Waals surface area (Å²) < 4.78 is 0. The monoisotopic (exact) mass is 190 g/mol. The maximum absolute atomic E-state index is 4.27. The van der Waals surface area contributed by atoms with Crippen LogP contribution in [0.4, 0.5) is 5.69 Å². The molecule has 0 saturated heterocycles. The summed E-state index contributed by atoms with van der Waals surface area (Å²) in [4.78, 5) is 4.27. The third-order valence-corrected chi connectivity index (χ3v) is 3.25. The number of anilines is 1. The van der Waals surface area contributed by atoms with Crippen LogP contribution in [0, 0.1) is 12.8 Å². The van der Waals surface area contributed by atoms with Gasteiger partial charge in [0.1, 0.15) is 0 Å². The molecule has 1 aliphatic carbocycles. The third kappa shape index (κ3) is 1.89. The van der Waals surface area contributed by atoms with Gasteiger partial charge in [-0.25, -0.2) is 0 Å². The molecule has 2 heteroatoms. The standard InChI is InChI=1S/C12H18N2/c1-9(11-5-3-6-11)14-12-7-4-8-13-10(12)2/h4,7-9,11,14H,3,5-6H2,1-2H3. The molecule has 0 spiro atoms. The molecule has 1 N–H and O–H groups in total. The first kappa shape index (κ1) is 9.50. The number of rotatable bonds is 3. The molecule has 0 radical (unpaired) electrons. The van der Waals surface area contributed by atoms with E-state index in [4.69, 9.17) is 0 Å². The Balaban J connectivity index is 1.99. The SMILES string of the molecule is Cc1ncccc1NC(C)C1CCC1. The van der Waals surface area contributed by atoms with E-state index < -0.39 is 0 Å². The average molecular weight is 190 g/mol. The zero-order valence-electron chi connectivity index (χ0n) is 8.96. The van der Waals surface area contributed by atoms with Crippen LogP contribution in [-0.4, -0.2) is 11.0 Å². The van der Waals surface area contributed by atoms with Crippen LogP contribution in [0.5, 0.6) is 0 Å². The molecule has 0 aliphatic heterocycles. The second kappa shape index (κ2) is 3.99. The Bertz CT molecular complexity index is 305. The van der Waals surface area contributed by atoms with E-state index in [2.05, 4.69) is 30.2 Å². The van der Waals surface area contributed by atoms with Crippen molar-refractivity contribution in [3.63, 3.8) is 0 Å². The molecule has 0 aromatic carbocycles. The van der Waals surface area contributed by atoms with Crippen molar-refractivity contribution < 1.29 is 0 Å². The smallest absolute Gasteiger partial charge is 0.0603 e. The fourth-order valence-corrected chi connectivity index (χ4v) is 1.94. The van der Waals surface area contributed by atoms with Crippen molar-refractivity contribution >= 4 is 5.69 Å². The molecule has 76 valence electrons. The highest BCUT2D eigenvalue weighted by Gasteiger charge is 2.23. The zero-order valence-corrected chi connectivity index (χ0v) is 8.96. The lowest BCUT2D eigenvalue weighted by Crippen LogP contribution is -2.31. The molecule has 1 heterocycles. The molecule has 2 rings (SSSR count). The molecule has 14 heavy (non-hydrogen) atoms. The Labute approximate surface area is 85.7 Å². The molecule has 0 amide bonds. The molecule has 1 fully saturated rings. The third-order valence-electron chi connectivity index (χ3n) is 3.25. The Morgan fingerprint density at radius 3 is 2.86 bits per heavy atom. The maximum atomic E-state index is 4.27. The summed E-state index contributed by atoms with van der Waals surface area (Å²) in [6.07, 6.45) is 6.01. The van der Waals surface area contributed by atoms with Crippen LogP contribution in [0.15, 0.2) is 18.3 Å². The minimum atomic E-state index is 0.589. The Morgan fingerprint density at radius 2 is 2.29 bits per heavy atom. The van der Waals surface area contributed by atoms with Gasteiger partial charge in [0, 0.05) is 12.2 Å². The number of pyridine rings is 1. The fraction of sp³-hybridized carbons (Fsp3) is 0.583. The van der Waals surface area contributed by atoms with Crippen molar-refractivity contribution in [3.8, 4) is 0 Å². The number of aromatic nitrogens is 1. The summed E-state index contributed by atoms with van der Waals surface area (Å²) in [6.45, 7) is 4.33. The number of hydrogen-bond acceptors (Lipinski definition) is 2. The molecule has 1 aliphatic rings. The van der Waals surface area contributed by atoms with Crippen LogP contribution in [0.3, 0.4) is 0 Å². The summed E-state index contributed by atoms with van der Waals surface area (Å²) in [6, 6.07) is 4.69. The highest BCUT2D eigenvalue weighted by molar-refractivity contribution is 5.47. The van der Waals surface area contributed by atoms with E-state index in [0.29, 0.717) is 6.04 Å². The first-order chi connectivity index (χ1) is 6.77. The lowest BCUT2D eigenvalue weighted by Gasteiger charge is -2.32. The number of nitrogens with zero attached hydrogens (tertiary/aromatic N) is 1. The van der Waals surface area contributed by atoms with E-state index in [1.54, 1.807) is 0 Å². The Kier molecular flexibility index (Phi) is 2.71. The van der Waals surface area contributed by atoms with Crippen LogP contribution < -0.4 is 5.32 Å². The minimum absolute atomic E-state index is 0.589. The molecular formula is C12H18N2. The second-order valence-electron chi connectivity index (χ2n) is 4.26. The van der Waals surface area contributed by atoms with Gasteiger partial charge in [-0.1, -0.05) is 6.42 Å². The largest absolute Gasteiger partial charge is 0.381 e. The number of nitrogens with one attached hydrogen (secondary N) is 1. The van der Waals surface area contributed by atoms with Crippen LogP contribution in [0.1, 0.15) is 31.9 Å². The van der Waals surface area contributed by atoms with Gasteiger partial charge in [0.25, 0.3) is 0 Å². The van der Waals surface area contributed by atoms with Crippen molar-refractivity contribution in [1.29, 1.82) is 0 Å². The maximum Gasteiger partial charge on any atom is 0.0603 e. The molecule has 2 nitrogen and oxygen atoms in total. The van der Waals surface area contributed by atoms with Crippen molar-refractivity contribution in [2.24, 2.45) is 5.92 Å². The topological polar surface area (TPSA) is 24.9 Å². The van der Waals surface area contributed by atoms with Crippen LogP contribution in [-0.2, 0) is 0 Å². The summed E-state index contributed by atoms with van der Waals surface area (Å²) >= 11 is 0. The quantitative estimate of drug-likeness (QED) is 0.792. The van der Waals surface area contributed by atoms with Gasteiger partial charge in [0.15, 0.2) is 0 Å². The summed E-state index contributed by atoms with van der Waals surface area (Å²) in [5.74, 6) is 0.870. The van der Waals surface area contributed by atoms with Crippen LogP contribution >= 0.6 is 0 Å². The van der Waals surface area contributed by atoms with Gasteiger partial charge in [-0.3, -0.25) is 4.98 Å². The lowest BCUT2D eigenvalue weighted by atomic mass is 9.80. The van der Waals surface area contributed by atoms with Gasteiger partial charge in [-0.05, 0) is 44.7 Å². The van der Waals surface area contributed by atoms with E-state index in [1.165, 1.54) is 24.9 Å². The van der Waals surface area contributed by atoms with Gasteiger partial charge in [-0.15, -0.1) is 0 Å². The van der Waals surface area contributed by atoms with E-state index in [9.17, 15) is 0 Å². The summed E-state index contributed by atoms with van der Waals surface area (Å²) in [5.41, 5.74) is 2.28. The summed E-state index contributed by atoms with van der Waals surface area (Å²) in [5, 5.41) is 3.55. The molecule has 1 saturated carbocycles. The molecular weight excluding hydrogens is 172 g/mol. The van der Waals surface area contributed by atoms with Gasteiger partial charge < -0.3 is 5.32 Å². The predicted octanol–water partition coefficient (Wildman–Crippen LogP) is 2.99. The molecule has 1 aromatic heterocycles. The minimum Gasteiger partial charge on any atom is -0.381 e. The molecule has 1 unspecified atom stereocenters. The van der Waals surface area contributed by atoms with Crippen LogP contribution in [0.2, 0.25) is 0 Å². The molecule has 0 bridgehead atoms. The first-order valence-electron chi connectivity index (χ1n) is 5.45. The average Bonchev–Trinajstić information content (AvgIpc) is 2.05. The van der Waals surface area contributed by atoms with E-state index in [1.807, 2.05) is 12.3 Å². The Hall–Kier alpha value is -1.05. The number of hydrogen-bond donors (Lipinski definition) is 1. The van der Waals surface area contributed by atoms with E-state index in [-0.39, 0.29) is 0 Å². The van der Waals surface area contributed by atoms with Gasteiger partial charge in [0.2, 0.25) is 0 Å². The van der Waals surface area contributed by atoms with E-state index >= 15 is 0 Å². The molecule has 1 aromatic rings. The predicted molar refractivity (Wildman–Crippen MR) is 59.4 cm³/mol. The lowest BCUT2D eigenvalue weighted by molar-refractivity contribution is 0.285. The number of aryl methyl sites for hydroxylation is 1. The second-order valence-corrected chi connectivity index (χ2v) is 4.26. The normalized spacial score (nSPS) is 18.7. The van der Waals surface area contributed by atoms with Gasteiger partial charge >= 0.3 is 0 Å². The first-order valence-corrected chi connectivity index (χ1v) is 5.45. The van der Waals surface area contributed by atoms with E-state index in [0.717, 1.165) is 11.6 Å². The highest BCUT2D eigenvalue weighted by atomic mass is 14.9. The van der Waals surface area contributed by atoms with Crippen molar-refractivity contribution in [2.45, 2.75) is 39.2 Å². The van der Waals surface area contributed by atoms with Gasteiger partial charge in [0.05, 0.1) is 11.4 Å². The van der Waals surface area contributed by atoms with Crippen molar-refractivity contribution in [1.82, 2.24) is 4.98 Å². The fourth-order valence-electron chi connectivity index (χ4n) is 1.94. The van der Waals surface area contributed by atoms with Gasteiger partial charge in [-0.2, -0.15) is 0 Å². The highest BCUT2D eigenvalue weighted by Crippen LogP contribution is 2.31. The zero-order chi connectivity index (χ0) is 9.97. The van der Waals surface area contributed by atoms with Crippen LogP contribution in [0.25, 0.3) is 0 Å². The Morgan fingerprint density at radius 1 is 1.50 bits per heavy atom. The molecule has 1 atom stereocenters. The van der Waals surface area contributed by atoms with Crippen molar-refractivity contribution in [3.05, 3.63) is 24.0 Å². The summed E-state index contributed by atoms with van der Waals surface area (Å²) in [7, 11) is 0. The van der Waals surface area contributed by atoms with Crippen molar-refractivity contribution in [2.75, 3.05) is 5.32 Å².